The van der Waals surface area contributed by atoms with Gasteiger partial charge in [0.1, 0.15) is 6.10 Å². The minimum atomic E-state index is -0.894. The van der Waals surface area contributed by atoms with Gasteiger partial charge in [-0.25, -0.2) is 4.79 Å². The molecule has 14 heavy (non-hydrogen) atoms. The lowest BCUT2D eigenvalue weighted by atomic mass is 10.2. The molecule has 4 nitrogen and oxygen atoms in total. The lowest BCUT2D eigenvalue weighted by Gasteiger charge is -2.11. The van der Waals surface area contributed by atoms with Crippen molar-refractivity contribution in [2.45, 2.75) is 32.5 Å². The first-order valence-corrected chi connectivity index (χ1v) is 4.78. The number of epoxide rings is 1. The van der Waals surface area contributed by atoms with E-state index < -0.39 is 5.97 Å². The Kier molecular flexibility index (Phi) is 4.10. The summed E-state index contributed by atoms with van der Waals surface area (Å²) in [6, 6.07) is 0. The molecule has 1 aliphatic heterocycles. The van der Waals surface area contributed by atoms with Crippen LogP contribution in [0.15, 0.2) is 11.6 Å². The van der Waals surface area contributed by atoms with Crippen LogP contribution in [0, 0.1) is 0 Å². The maximum atomic E-state index is 10.6. The highest BCUT2D eigenvalue weighted by Gasteiger charge is 2.23. The Morgan fingerprint density at radius 1 is 1.79 bits per heavy atom. The van der Waals surface area contributed by atoms with Crippen LogP contribution in [-0.4, -0.2) is 36.5 Å². The highest BCUT2D eigenvalue weighted by Crippen LogP contribution is 2.12. The smallest absolute Gasteiger partial charge is 0.331 e. The predicted octanol–water partition coefficient (Wildman–Crippen LogP) is 1.21. The molecule has 2 atom stereocenters. The normalized spacial score (nSPS) is 23.3. The number of carboxylic acid groups (broad SMARTS) is 1. The predicted molar refractivity (Wildman–Crippen MR) is 51.2 cm³/mol. The quantitative estimate of drug-likeness (QED) is 0.517. The highest BCUT2D eigenvalue weighted by atomic mass is 16.6. The molecule has 2 unspecified atom stereocenters. The molecule has 0 radical (unpaired) electrons. The summed E-state index contributed by atoms with van der Waals surface area (Å²) in [5.74, 6) is -0.894. The zero-order valence-electron chi connectivity index (χ0n) is 8.53. The second-order valence-electron chi connectivity index (χ2n) is 3.39. The van der Waals surface area contributed by atoms with Gasteiger partial charge in [0.15, 0.2) is 0 Å². The third-order valence-electron chi connectivity index (χ3n) is 2.07. The first kappa shape index (κ1) is 11.2. The van der Waals surface area contributed by atoms with Crippen molar-refractivity contribution in [1.29, 1.82) is 0 Å². The summed E-state index contributed by atoms with van der Waals surface area (Å²) in [4.78, 5) is 10.6. The summed E-state index contributed by atoms with van der Waals surface area (Å²) < 4.78 is 10.5. The second-order valence-corrected chi connectivity index (χ2v) is 3.39. The maximum Gasteiger partial charge on any atom is 0.331 e. The van der Waals surface area contributed by atoms with Crippen LogP contribution in [0.5, 0.6) is 0 Å². The Labute approximate surface area is 83.5 Å². The molecule has 0 saturated carbocycles. The van der Waals surface area contributed by atoms with E-state index in [-0.39, 0.29) is 12.2 Å². The highest BCUT2D eigenvalue weighted by molar-refractivity contribution is 5.85. The number of ether oxygens (including phenoxy) is 2. The minimum absolute atomic E-state index is 0.115. The third-order valence-corrected chi connectivity index (χ3v) is 2.07. The van der Waals surface area contributed by atoms with E-state index in [1.54, 1.807) is 13.0 Å². The number of carboxylic acids is 1. The number of rotatable bonds is 6. The Morgan fingerprint density at radius 2 is 2.43 bits per heavy atom. The van der Waals surface area contributed by atoms with Crippen LogP contribution in [0.3, 0.4) is 0 Å². The summed E-state index contributed by atoms with van der Waals surface area (Å²) in [7, 11) is 0. The van der Waals surface area contributed by atoms with Gasteiger partial charge in [0.25, 0.3) is 0 Å². The number of carbonyl (C=O) groups is 1. The molecule has 1 N–H and O–H groups in total. The third kappa shape index (κ3) is 3.89. The first-order chi connectivity index (χ1) is 6.63. The van der Waals surface area contributed by atoms with Gasteiger partial charge in [0.2, 0.25) is 0 Å². The Hall–Kier alpha value is -0.870. The second kappa shape index (κ2) is 5.12. The van der Waals surface area contributed by atoms with Crippen molar-refractivity contribution in [3.05, 3.63) is 11.6 Å². The maximum absolute atomic E-state index is 10.6. The molecule has 1 saturated heterocycles. The molecule has 0 aromatic carbocycles. The SMILES string of the molecule is CCC(C=C(C)C(=O)O)OCC1CO1. The van der Waals surface area contributed by atoms with Crippen LogP contribution in [0.25, 0.3) is 0 Å². The minimum Gasteiger partial charge on any atom is -0.478 e. The van der Waals surface area contributed by atoms with Gasteiger partial charge < -0.3 is 14.6 Å². The van der Waals surface area contributed by atoms with Crippen molar-refractivity contribution in [3.8, 4) is 0 Å². The average Bonchev–Trinajstić information content (AvgIpc) is 2.95. The molecule has 0 aromatic heterocycles. The first-order valence-electron chi connectivity index (χ1n) is 4.78. The van der Waals surface area contributed by atoms with E-state index in [0.717, 1.165) is 13.0 Å². The van der Waals surface area contributed by atoms with E-state index in [4.69, 9.17) is 14.6 Å². The summed E-state index contributed by atoms with van der Waals surface area (Å²) in [6.45, 7) is 4.85. The fraction of sp³-hybridized carbons (Fsp3) is 0.700. The molecule has 80 valence electrons. The molecule has 0 aromatic rings. The summed E-state index contributed by atoms with van der Waals surface area (Å²) in [6.07, 6.45) is 2.53. The van der Waals surface area contributed by atoms with Gasteiger partial charge in [-0.2, -0.15) is 0 Å². The lowest BCUT2D eigenvalue weighted by molar-refractivity contribution is -0.132. The van der Waals surface area contributed by atoms with Gasteiger partial charge in [-0.3, -0.25) is 0 Å². The van der Waals surface area contributed by atoms with Gasteiger partial charge in [0, 0.05) is 5.57 Å². The topological polar surface area (TPSA) is 59.1 Å². The van der Waals surface area contributed by atoms with E-state index in [2.05, 4.69) is 0 Å². The van der Waals surface area contributed by atoms with Crippen LogP contribution in [0.2, 0.25) is 0 Å². The van der Waals surface area contributed by atoms with Gasteiger partial charge in [-0.1, -0.05) is 6.92 Å². The molecule has 1 rings (SSSR count). The molecule has 0 amide bonds. The molecule has 0 spiro atoms. The van der Waals surface area contributed by atoms with Gasteiger partial charge in [-0.15, -0.1) is 0 Å². The average molecular weight is 200 g/mol. The standard InChI is InChI=1S/C10H16O4/c1-3-8(4-7(2)10(11)12)13-5-9-6-14-9/h4,8-9H,3,5-6H2,1-2H3,(H,11,12). The fourth-order valence-corrected chi connectivity index (χ4v) is 1.03. The fourth-order valence-electron chi connectivity index (χ4n) is 1.03. The van der Waals surface area contributed by atoms with Crippen LogP contribution in [0.1, 0.15) is 20.3 Å². The van der Waals surface area contributed by atoms with Crippen LogP contribution in [-0.2, 0) is 14.3 Å². The largest absolute Gasteiger partial charge is 0.478 e. The number of hydrogen-bond acceptors (Lipinski definition) is 3. The Bertz CT molecular complexity index is 230. The van der Waals surface area contributed by atoms with Crippen molar-refractivity contribution >= 4 is 5.97 Å². The number of aliphatic carboxylic acids is 1. The molecule has 4 heteroatoms. The van der Waals surface area contributed by atoms with Gasteiger partial charge >= 0.3 is 5.97 Å². The zero-order valence-corrected chi connectivity index (χ0v) is 8.53. The van der Waals surface area contributed by atoms with E-state index in [0.29, 0.717) is 12.2 Å². The van der Waals surface area contributed by atoms with E-state index in [9.17, 15) is 4.79 Å². The van der Waals surface area contributed by atoms with Crippen molar-refractivity contribution in [2.75, 3.05) is 13.2 Å². The van der Waals surface area contributed by atoms with Crippen molar-refractivity contribution in [1.82, 2.24) is 0 Å². The molecular weight excluding hydrogens is 184 g/mol. The Balaban J connectivity index is 2.35. The zero-order chi connectivity index (χ0) is 10.6. The molecule has 1 heterocycles. The van der Waals surface area contributed by atoms with Crippen LogP contribution >= 0.6 is 0 Å². The lowest BCUT2D eigenvalue weighted by Crippen LogP contribution is -2.14. The van der Waals surface area contributed by atoms with E-state index in [1.165, 1.54) is 0 Å². The monoisotopic (exact) mass is 200 g/mol. The Morgan fingerprint density at radius 3 is 2.86 bits per heavy atom. The van der Waals surface area contributed by atoms with Gasteiger partial charge in [0.05, 0.1) is 19.3 Å². The van der Waals surface area contributed by atoms with Crippen molar-refractivity contribution in [3.63, 3.8) is 0 Å². The van der Waals surface area contributed by atoms with Crippen LogP contribution < -0.4 is 0 Å². The van der Waals surface area contributed by atoms with E-state index in [1.807, 2.05) is 6.92 Å². The molecular formula is C10H16O4. The summed E-state index contributed by atoms with van der Waals surface area (Å²) in [5.41, 5.74) is 0.327. The van der Waals surface area contributed by atoms with Crippen molar-refractivity contribution in [2.24, 2.45) is 0 Å². The van der Waals surface area contributed by atoms with Crippen molar-refractivity contribution < 1.29 is 19.4 Å². The number of hydrogen-bond donors (Lipinski definition) is 1. The molecule has 0 bridgehead atoms. The van der Waals surface area contributed by atoms with Gasteiger partial charge in [-0.05, 0) is 19.4 Å². The molecule has 0 aliphatic carbocycles. The van der Waals surface area contributed by atoms with Crippen LogP contribution in [0.4, 0.5) is 0 Å². The molecule has 1 aliphatic rings. The summed E-state index contributed by atoms with van der Waals surface area (Å²) >= 11 is 0. The summed E-state index contributed by atoms with van der Waals surface area (Å²) in [5, 5.41) is 8.67. The molecule has 1 fully saturated rings. The van der Waals surface area contributed by atoms with E-state index >= 15 is 0 Å².